The first-order valence-electron chi connectivity index (χ1n) is 6.93. The largest absolute Gasteiger partial charge is 0.369 e. The molecule has 1 heterocycles. The molecule has 1 unspecified atom stereocenters. The molecule has 0 fully saturated rings. The number of hydrogen-bond acceptors (Lipinski definition) is 3. The van der Waals surface area contributed by atoms with Gasteiger partial charge in [-0.05, 0) is 25.0 Å². The fraction of sp³-hybridized carbons (Fsp3) is 0.600. The zero-order chi connectivity index (χ0) is 13.4. The Morgan fingerprint density at radius 1 is 1.39 bits per heavy atom. The summed E-state index contributed by atoms with van der Waals surface area (Å²) in [5.41, 5.74) is 0.725. The molecule has 0 radical (unpaired) electrons. The van der Waals surface area contributed by atoms with Gasteiger partial charge in [0.05, 0.1) is 5.56 Å². The average molecular weight is 248 g/mol. The van der Waals surface area contributed by atoms with Gasteiger partial charge in [-0.1, -0.05) is 33.6 Å². The van der Waals surface area contributed by atoms with Gasteiger partial charge in [-0.15, -0.1) is 0 Å². The summed E-state index contributed by atoms with van der Waals surface area (Å²) in [6.45, 7) is 7.06. The Morgan fingerprint density at radius 2 is 2.17 bits per heavy atom. The molecule has 100 valence electrons. The molecule has 0 saturated carbocycles. The molecule has 0 aliphatic carbocycles. The Hall–Kier alpha value is -1.38. The van der Waals surface area contributed by atoms with Crippen LogP contribution in [-0.4, -0.2) is 17.3 Å². The number of hydrogen-bond donors (Lipinski definition) is 1. The fourth-order valence-corrected chi connectivity index (χ4v) is 1.78. The van der Waals surface area contributed by atoms with E-state index in [4.69, 9.17) is 0 Å². The summed E-state index contributed by atoms with van der Waals surface area (Å²) in [6, 6.07) is 3.69. The van der Waals surface area contributed by atoms with E-state index in [1.54, 1.807) is 6.20 Å². The maximum absolute atomic E-state index is 12.2. The summed E-state index contributed by atoms with van der Waals surface area (Å²) in [7, 11) is 0. The molecule has 1 N–H and O–H groups in total. The Morgan fingerprint density at radius 3 is 2.83 bits per heavy atom. The molecule has 18 heavy (non-hydrogen) atoms. The van der Waals surface area contributed by atoms with Crippen molar-refractivity contribution in [2.75, 3.05) is 11.9 Å². The van der Waals surface area contributed by atoms with E-state index in [0.29, 0.717) is 0 Å². The number of nitrogens with zero attached hydrogens (tertiary/aromatic N) is 1. The molecule has 0 aromatic carbocycles. The molecule has 0 saturated heterocycles. The minimum atomic E-state index is 0.0605. The van der Waals surface area contributed by atoms with Crippen molar-refractivity contribution in [2.24, 2.45) is 5.92 Å². The Bertz CT molecular complexity index is 377. The van der Waals surface area contributed by atoms with Gasteiger partial charge in [-0.3, -0.25) is 4.79 Å². The summed E-state index contributed by atoms with van der Waals surface area (Å²) < 4.78 is 0. The lowest BCUT2D eigenvalue weighted by atomic mass is 9.97. The van der Waals surface area contributed by atoms with Crippen LogP contribution < -0.4 is 5.32 Å². The third-order valence-electron chi connectivity index (χ3n) is 3.21. The number of rotatable bonds is 8. The van der Waals surface area contributed by atoms with Gasteiger partial charge in [-0.2, -0.15) is 0 Å². The van der Waals surface area contributed by atoms with E-state index in [0.717, 1.165) is 30.8 Å². The van der Waals surface area contributed by atoms with Gasteiger partial charge in [-0.25, -0.2) is 4.98 Å². The van der Waals surface area contributed by atoms with Crippen LogP contribution in [0.25, 0.3) is 0 Å². The van der Waals surface area contributed by atoms with Gasteiger partial charge in [0.2, 0.25) is 0 Å². The van der Waals surface area contributed by atoms with Gasteiger partial charge in [0, 0.05) is 18.7 Å². The number of carbonyl (C=O) groups is 1. The topological polar surface area (TPSA) is 42.0 Å². The Kier molecular flexibility index (Phi) is 6.40. The summed E-state index contributed by atoms with van der Waals surface area (Å²) in [5.74, 6) is 0.980. The van der Waals surface area contributed by atoms with Gasteiger partial charge in [0.1, 0.15) is 5.82 Å². The number of aromatic nitrogens is 1. The minimum absolute atomic E-state index is 0.0605. The summed E-state index contributed by atoms with van der Waals surface area (Å²) in [5, 5.41) is 3.28. The smallest absolute Gasteiger partial charge is 0.169 e. The second-order valence-electron chi connectivity index (χ2n) is 4.71. The second-order valence-corrected chi connectivity index (χ2v) is 4.71. The van der Waals surface area contributed by atoms with Crippen molar-refractivity contribution in [3.63, 3.8) is 0 Å². The molecule has 3 nitrogen and oxygen atoms in total. The maximum atomic E-state index is 12.2. The molecular formula is C15H24N2O. The summed E-state index contributed by atoms with van der Waals surface area (Å²) >= 11 is 0. The highest BCUT2D eigenvalue weighted by Crippen LogP contribution is 2.18. The lowest BCUT2D eigenvalue weighted by molar-refractivity contribution is 0.0928. The third-order valence-corrected chi connectivity index (χ3v) is 3.21. The lowest BCUT2D eigenvalue weighted by Gasteiger charge is -2.12. The van der Waals surface area contributed by atoms with Crippen molar-refractivity contribution in [2.45, 2.75) is 46.5 Å². The number of carbonyl (C=O) groups excluding carboxylic acids is 1. The predicted molar refractivity (Wildman–Crippen MR) is 76.0 cm³/mol. The zero-order valence-corrected chi connectivity index (χ0v) is 11.7. The molecule has 0 amide bonds. The van der Waals surface area contributed by atoms with Crippen LogP contribution in [0.5, 0.6) is 0 Å². The van der Waals surface area contributed by atoms with Crippen molar-refractivity contribution >= 4 is 11.6 Å². The predicted octanol–water partition coefficient (Wildman–Crippen LogP) is 3.91. The Labute approximate surface area is 110 Å². The lowest BCUT2D eigenvalue weighted by Crippen LogP contribution is -2.15. The van der Waals surface area contributed by atoms with Crippen LogP contribution in [0.2, 0.25) is 0 Å². The average Bonchev–Trinajstić information content (AvgIpc) is 2.42. The third kappa shape index (κ3) is 4.13. The van der Waals surface area contributed by atoms with Crippen LogP contribution >= 0.6 is 0 Å². The molecule has 0 bridgehead atoms. The monoisotopic (exact) mass is 248 g/mol. The van der Waals surface area contributed by atoms with E-state index >= 15 is 0 Å². The van der Waals surface area contributed by atoms with E-state index in [9.17, 15) is 4.79 Å². The van der Waals surface area contributed by atoms with E-state index in [-0.39, 0.29) is 11.7 Å². The maximum Gasteiger partial charge on any atom is 0.169 e. The van der Waals surface area contributed by atoms with E-state index in [1.165, 1.54) is 12.8 Å². The van der Waals surface area contributed by atoms with Gasteiger partial charge < -0.3 is 5.32 Å². The van der Waals surface area contributed by atoms with Crippen LogP contribution in [0.1, 0.15) is 56.8 Å². The molecule has 0 aliphatic heterocycles. The van der Waals surface area contributed by atoms with E-state index < -0.39 is 0 Å². The van der Waals surface area contributed by atoms with Gasteiger partial charge >= 0.3 is 0 Å². The van der Waals surface area contributed by atoms with Crippen molar-refractivity contribution in [3.8, 4) is 0 Å². The second kappa shape index (κ2) is 7.85. The molecular weight excluding hydrogens is 224 g/mol. The highest BCUT2D eigenvalue weighted by atomic mass is 16.1. The molecule has 0 spiro atoms. The number of ketones is 1. The van der Waals surface area contributed by atoms with Crippen molar-refractivity contribution < 1.29 is 4.79 Å². The van der Waals surface area contributed by atoms with Crippen molar-refractivity contribution in [3.05, 3.63) is 23.9 Å². The molecule has 1 rings (SSSR count). The van der Waals surface area contributed by atoms with Crippen LogP contribution in [0.4, 0.5) is 5.82 Å². The number of Topliss-reactive ketones (excluding diaryl/α,β-unsaturated/α-hetero) is 1. The highest BCUT2D eigenvalue weighted by Gasteiger charge is 2.17. The number of anilines is 1. The summed E-state index contributed by atoms with van der Waals surface area (Å²) in [6.07, 6.45) is 6.11. The number of unbranched alkanes of at least 4 members (excludes halogenated alkanes) is 2. The minimum Gasteiger partial charge on any atom is -0.369 e. The molecule has 1 aromatic heterocycles. The quantitative estimate of drug-likeness (QED) is 0.560. The van der Waals surface area contributed by atoms with E-state index in [2.05, 4.69) is 17.2 Å². The standard InChI is InChI=1S/C15H24N2O/c1-4-6-7-10-16-15-13(9-8-11-17-15)14(18)12(3)5-2/h8-9,11-12H,4-7,10H2,1-3H3,(H,16,17). The Balaban J connectivity index is 2.70. The SMILES string of the molecule is CCCCCNc1ncccc1C(=O)C(C)CC. The van der Waals surface area contributed by atoms with Crippen LogP contribution in [-0.2, 0) is 0 Å². The van der Waals surface area contributed by atoms with Gasteiger partial charge in [0.25, 0.3) is 0 Å². The first-order chi connectivity index (χ1) is 8.70. The van der Waals surface area contributed by atoms with Crippen LogP contribution in [0.3, 0.4) is 0 Å². The molecule has 0 aliphatic rings. The molecule has 1 aromatic rings. The van der Waals surface area contributed by atoms with Crippen LogP contribution in [0.15, 0.2) is 18.3 Å². The van der Waals surface area contributed by atoms with Gasteiger partial charge in [0.15, 0.2) is 5.78 Å². The van der Waals surface area contributed by atoms with Crippen LogP contribution in [0, 0.1) is 5.92 Å². The van der Waals surface area contributed by atoms with Crippen molar-refractivity contribution in [1.82, 2.24) is 4.98 Å². The number of pyridine rings is 1. The fourth-order valence-electron chi connectivity index (χ4n) is 1.78. The summed E-state index contributed by atoms with van der Waals surface area (Å²) in [4.78, 5) is 16.5. The zero-order valence-electron chi connectivity index (χ0n) is 11.7. The first kappa shape index (κ1) is 14.7. The van der Waals surface area contributed by atoms with E-state index in [1.807, 2.05) is 26.0 Å². The molecule has 3 heteroatoms. The normalized spacial score (nSPS) is 12.2. The molecule has 1 atom stereocenters. The van der Waals surface area contributed by atoms with Crippen molar-refractivity contribution in [1.29, 1.82) is 0 Å². The first-order valence-corrected chi connectivity index (χ1v) is 6.93. The number of nitrogens with one attached hydrogen (secondary N) is 1. The highest BCUT2D eigenvalue weighted by molar-refractivity contribution is 6.01.